The first-order valence-electron chi connectivity index (χ1n) is 4.07. The molecule has 0 heterocycles. The summed E-state index contributed by atoms with van der Waals surface area (Å²) in [4.78, 5) is 1.84. The van der Waals surface area contributed by atoms with Crippen molar-refractivity contribution in [3.05, 3.63) is 0 Å². The molecule has 0 aromatic heterocycles. The maximum absolute atomic E-state index is 4.66. The Morgan fingerprint density at radius 3 is 1.62 bits per heavy atom. The molecule has 0 aromatic carbocycles. The van der Waals surface area contributed by atoms with Crippen molar-refractivity contribution in [2.75, 3.05) is 27.2 Å². The van der Waals surface area contributed by atoms with Gasteiger partial charge < -0.3 is 35.1 Å². The Morgan fingerprint density at radius 1 is 1.38 bits per heavy atom. The van der Waals surface area contributed by atoms with Gasteiger partial charge in [-0.05, 0) is 45.0 Å². The van der Waals surface area contributed by atoms with Crippen molar-refractivity contribution in [2.45, 2.75) is 21.3 Å². The van der Waals surface area contributed by atoms with Gasteiger partial charge in [0, 0.05) is 17.9 Å². The van der Waals surface area contributed by atoms with Crippen molar-refractivity contribution >= 4 is 57.9 Å². The van der Waals surface area contributed by atoms with E-state index in [0.29, 0.717) is 4.32 Å². The Bertz CT molecular complexity index is 160. The van der Waals surface area contributed by atoms with E-state index in [4.69, 9.17) is 0 Å². The van der Waals surface area contributed by atoms with Gasteiger partial charge in [-0.1, -0.05) is 18.7 Å². The van der Waals surface area contributed by atoms with Crippen LogP contribution in [0.5, 0.6) is 0 Å². The van der Waals surface area contributed by atoms with Gasteiger partial charge in [0.1, 0.15) is 0 Å². The second-order valence-corrected chi connectivity index (χ2v) is 3.77. The maximum atomic E-state index is 4.66. The van der Waals surface area contributed by atoms with E-state index in [2.05, 4.69) is 61.5 Å². The summed E-state index contributed by atoms with van der Waals surface area (Å²) in [5, 5.41) is 2.93. The zero-order valence-corrected chi connectivity index (χ0v) is 13.3. The van der Waals surface area contributed by atoms with Crippen LogP contribution in [0.2, 0.25) is 0 Å². The molecule has 0 saturated carbocycles. The van der Waals surface area contributed by atoms with E-state index in [1.54, 1.807) is 0 Å². The van der Waals surface area contributed by atoms with Crippen molar-refractivity contribution < 1.29 is 18.9 Å². The van der Waals surface area contributed by atoms with Crippen molar-refractivity contribution in [3.8, 4) is 0 Å². The summed E-state index contributed by atoms with van der Waals surface area (Å²) in [7, 11) is 3.81. The molecular formula is C9H21LiN2S4. The van der Waals surface area contributed by atoms with Crippen LogP contribution in [-0.2, 0) is 12.6 Å². The zero-order valence-electron chi connectivity index (χ0n) is 9.99. The minimum atomic E-state index is 0. The molecule has 7 heteroatoms. The average molecular weight is 292 g/mol. The Hall–Kier alpha value is 0.887. The van der Waals surface area contributed by atoms with Gasteiger partial charge in [0.15, 0.2) is 0 Å². The van der Waals surface area contributed by atoms with Crippen molar-refractivity contribution in [1.29, 1.82) is 0 Å². The molecule has 16 heavy (non-hydrogen) atoms. The van der Waals surface area contributed by atoms with Crippen molar-refractivity contribution in [3.63, 3.8) is 0 Å². The van der Waals surface area contributed by atoms with E-state index < -0.39 is 0 Å². The normalized spacial score (nSPS) is 6.00. The van der Waals surface area contributed by atoms with Crippen LogP contribution in [0, 0.1) is 0 Å². The summed E-state index contributed by atoms with van der Waals surface area (Å²) in [6.45, 7) is 6.06. The van der Waals surface area contributed by atoms with Crippen LogP contribution in [0.1, 0.15) is 21.3 Å². The Kier molecular flexibility index (Phi) is 56.0. The summed E-state index contributed by atoms with van der Waals surface area (Å²) in [5.41, 5.74) is 0. The van der Waals surface area contributed by atoms with Gasteiger partial charge in [-0.25, -0.2) is 0 Å². The van der Waals surface area contributed by atoms with Crippen LogP contribution in [0.4, 0.5) is 0 Å². The number of thiocarbonyl (C=S) groups is 3. The van der Waals surface area contributed by atoms with Gasteiger partial charge in [-0.3, -0.25) is 0 Å². The number of nitrogens with one attached hydrogen (secondary N) is 1. The number of rotatable bonds is 2. The minimum Gasteiger partial charge on any atom is -0.411 e. The number of hydrogen-bond acceptors (Lipinski definition) is 5. The molecule has 2 nitrogen and oxygen atoms in total. The summed E-state index contributed by atoms with van der Waals surface area (Å²) in [5.74, 6) is 0. The molecule has 0 aliphatic rings. The van der Waals surface area contributed by atoms with E-state index >= 15 is 0 Å². The van der Waals surface area contributed by atoms with Crippen LogP contribution in [0.25, 0.3) is 0 Å². The van der Waals surface area contributed by atoms with Gasteiger partial charge in [-0.2, -0.15) is 0 Å². The summed E-state index contributed by atoms with van der Waals surface area (Å²) in [6.07, 6.45) is 0. The molecule has 0 unspecified atom stereocenters. The third-order valence-electron chi connectivity index (χ3n) is 1.14. The third-order valence-corrected chi connectivity index (χ3v) is 1.76. The summed E-state index contributed by atoms with van der Waals surface area (Å²) < 4.78 is 2.46. The Labute approximate surface area is 135 Å². The number of hydrogen-bond donors (Lipinski definition) is 1. The van der Waals surface area contributed by atoms with Crippen LogP contribution < -0.4 is 24.2 Å². The second-order valence-electron chi connectivity index (χ2n) is 2.07. The largest absolute Gasteiger partial charge is 1.00 e. The van der Waals surface area contributed by atoms with Gasteiger partial charge in [0.2, 0.25) is 0 Å². The molecule has 0 aliphatic carbocycles. The molecule has 0 bridgehead atoms. The first-order valence-corrected chi connectivity index (χ1v) is 5.70. The molecule has 1 N–H and O–H groups in total. The quantitative estimate of drug-likeness (QED) is 0.422. The van der Waals surface area contributed by atoms with Gasteiger partial charge in [-0.15, -0.1) is 0 Å². The smallest absolute Gasteiger partial charge is 0.411 e. The fourth-order valence-electron chi connectivity index (χ4n) is 0.129. The Balaban J connectivity index is -0.0000000393. The van der Waals surface area contributed by atoms with Crippen molar-refractivity contribution in [1.82, 2.24) is 10.2 Å². The van der Waals surface area contributed by atoms with Gasteiger partial charge in [0.25, 0.3) is 0 Å². The predicted octanol–water partition coefficient (Wildman–Crippen LogP) is -0.346. The maximum Gasteiger partial charge on any atom is 1.00 e. The van der Waals surface area contributed by atoms with E-state index in [1.165, 1.54) is 0 Å². The molecule has 0 aromatic rings. The van der Waals surface area contributed by atoms with E-state index in [9.17, 15) is 0 Å². The zero-order chi connectivity index (χ0) is 12.0. The summed E-state index contributed by atoms with van der Waals surface area (Å²) in [6, 6.07) is 0. The molecule has 0 atom stereocenters. The molecular weight excluding hydrogens is 271 g/mol. The van der Waals surface area contributed by atoms with Crippen LogP contribution in [0.15, 0.2) is 0 Å². The Morgan fingerprint density at radius 2 is 1.62 bits per heavy atom. The topological polar surface area (TPSA) is 15.3 Å². The standard InChI is InChI=1S/C4H9NS2.C3H9N.CS2.CH4.Li/c1-3-5(2)4(6)7;1-3-4-2;2-1-3;;/h3H2,1-2H3,(H,6,7);4H,3H2,1-2H3;;1H4;/q;;;;+1/p-1. The molecule has 0 radical (unpaired) electrons. The molecule has 0 fully saturated rings. The monoisotopic (exact) mass is 292 g/mol. The molecule has 92 valence electrons. The molecule has 0 spiro atoms. The molecule has 0 amide bonds. The second kappa shape index (κ2) is 29.7. The average Bonchev–Trinajstić information content (AvgIpc) is 2.18. The number of nitrogens with zero attached hydrogens (tertiary/aromatic N) is 1. The minimum absolute atomic E-state index is 0. The van der Waals surface area contributed by atoms with Gasteiger partial charge >= 0.3 is 18.9 Å². The SMILES string of the molecule is C.CCN(C)C(=S)[S-].CCNC.S=C=S.[Li+]. The third kappa shape index (κ3) is 46.2. The molecule has 0 saturated heterocycles. The fraction of sp³-hybridized carbons (Fsp3) is 0.778. The first kappa shape index (κ1) is 30.2. The van der Waals surface area contributed by atoms with E-state index in [-0.39, 0.29) is 26.3 Å². The van der Waals surface area contributed by atoms with E-state index in [0.717, 1.165) is 13.1 Å². The first-order chi connectivity index (χ1) is 6.51. The van der Waals surface area contributed by atoms with Crippen LogP contribution in [0.3, 0.4) is 0 Å². The predicted molar refractivity (Wildman–Crippen MR) is 84.8 cm³/mol. The summed E-state index contributed by atoms with van der Waals surface area (Å²) >= 11 is 17.2. The van der Waals surface area contributed by atoms with Crippen molar-refractivity contribution in [2.24, 2.45) is 0 Å². The fourth-order valence-corrected chi connectivity index (χ4v) is 0.387. The molecule has 0 rings (SSSR count). The van der Waals surface area contributed by atoms with Crippen LogP contribution >= 0.6 is 36.7 Å². The molecule has 0 aliphatic heterocycles. The van der Waals surface area contributed by atoms with E-state index in [1.807, 2.05) is 30.2 Å². The van der Waals surface area contributed by atoms with Crippen LogP contribution in [-0.4, -0.2) is 40.7 Å². The van der Waals surface area contributed by atoms with Gasteiger partial charge in [0.05, 0.1) is 0 Å².